The van der Waals surface area contributed by atoms with Crippen LogP contribution in [0.2, 0.25) is 5.02 Å². The second-order valence-electron chi connectivity index (χ2n) is 2.79. The molecule has 0 saturated carbocycles. The van der Waals surface area contributed by atoms with E-state index < -0.39 is 0 Å². The molecule has 0 fully saturated rings. The van der Waals surface area contributed by atoms with Crippen LogP contribution in [-0.4, -0.2) is 24.8 Å². The highest BCUT2D eigenvalue weighted by molar-refractivity contribution is 6.30. The molecule has 0 saturated heterocycles. The highest BCUT2D eigenvalue weighted by Crippen LogP contribution is 2.04. The Morgan fingerprint density at radius 3 is 2.71 bits per heavy atom. The molecule has 0 aliphatic rings. The lowest BCUT2D eigenvalue weighted by atomic mass is 10.6. The van der Waals surface area contributed by atoms with Gasteiger partial charge >= 0.3 is 0 Å². The highest BCUT2D eigenvalue weighted by Gasteiger charge is 1.98. The third-order valence-electron chi connectivity index (χ3n) is 1.69. The van der Waals surface area contributed by atoms with Crippen LogP contribution >= 0.6 is 11.6 Å². The molecule has 0 aliphatic carbocycles. The van der Waals surface area contributed by atoms with Crippen LogP contribution in [0.25, 0.3) is 0 Å². The molecule has 74 valence electrons. The van der Waals surface area contributed by atoms with Crippen molar-refractivity contribution in [3.63, 3.8) is 0 Å². The predicted octanol–water partition coefficient (Wildman–Crippen LogP) is 0.410. The summed E-state index contributed by atoms with van der Waals surface area (Å²) in [4.78, 5) is 1.52. The summed E-state index contributed by atoms with van der Waals surface area (Å²) in [5.74, 6) is 0.420. The van der Waals surface area contributed by atoms with E-state index in [-0.39, 0.29) is 0 Å². The molecule has 0 unspecified atom stereocenters. The molecule has 2 N–H and O–H groups in total. The van der Waals surface area contributed by atoms with E-state index in [4.69, 9.17) is 17.3 Å². The molecule has 0 radical (unpaired) electrons. The van der Waals surface area contributed by atoms with Gasteiger partial charge in [-0.2, -0.15) is 15.0 Å². The fourth-order valence-corrected chi connectivity index (χ4v) is 1.23. The monoisotopic (exact) mass is 212 g/mol. The summed E-state index contributed by atoms with van der Waals surface area (Å²) in [5.41, 5.74) is 5.41. The maximum atomic E-state index is 5.70. The topological polar surface area (TPSA) is 74.5 Å². The Balaban J connectivity index is 1.94. The van der Waals surface area contributed by atoms with Crippen LogP contribution in [0, 0.1) is 0 Å². The number of rotatable bonds is 3. The van der Waals surface area contributed by atoms with Gasteiger partial charge in [0.15, 0.2) is 5.82 Å². The zero-order valence-corrected chi connectivity index (χ0v) is 8.09. The summed E-state index contributed by atoms with van der Waals surface area (Å²) in [6.45, 7) is 1.29. The average Bonchev–Trinajstić information content (AvgIpc) is 2.72. The van der Waals surface area contributed by atoms with Crippen molar-refractivity contribution in [3.8, 4) is 0 Å². The van der Waals surface area contributed by atoms with Crippen molar-refractivity contribution in [2.75, 3.05) is 5.73 Å². The van der Waals surface area contributed by atoms with E-state index in [1.54, 1.807) is 17.1 Å². The van der Waals surface area contributed by atoms with Crippen LogP contribution < -0.4 is 5.73 Å². The van der Waals surface area contributed by atoms with Gasteiger partial charge in [-0.05, 0) is 0 Å². The van der Waals surface area contributed by atoms with Gasteiger partial charge in [0.25, 0.3) is 0 Å². The van der Waals surface area contributed by atoms with Gasteiger partial charge in [-0.25, -0.2) is 0 Å². The number of nitrogens with two attached hydrogens (primary N) is 1. The molecule has 0 atom stereocenters. The van der Waals surface area contributed by atoms with Gasteiger partial charge in [0.2, 0.25) is 0 Å². The van der Waals surface area contributed by atoms with E-state index >= 15 is 0 Å². The molecule has 0 aromatic carbocycles. The van der Waals surface area contributed by atoms with Crippen molar-refractivity contribution >= 4 is 17.4 Å². The molecule has 6 nitrogen and oxygen atoms in total. The molecular formula is C7H9ClN6. The van der Waals surface area contributed by atoms with Crippen molar-refractivity contribution < 1.29 is 0 Å². The van der Waals surface area contributed by atoms with Gasteiger partial charge in [0, 0.05) is 6.20 Å². The van der Waals surface area contributed by atoms with E-state index in [0.717, 1.165) is 0 Å². The SMILES string of the molecule is Nc1cnn(CCn2cc(Cl)cn2)n1. The first-order chi connectivity index (χ1) is 6.74. The van der Waals surface area contributed by atoms with Crippen LogP contribution in [0.5, 0.6) is 0 Å². The van der Waals surface area contributed by atoms with Crippen molar-refractivity contribution in [1.29, 1.82) is 0 Å². The fourth-order valence-electron chi connectivity index (χ4n) is 1.07. The summed E-state index contributed by atoms with van der Waals surface area (Å²) >= 11 is 5.70. The maximum Gasteiger partial charge on any atom is 0.165 e. The number of hydrogen-bond acceptors (Lipinski definition) is 4. The third-order valence-corrected chi connectivity index (χ3v) is 1.88. The standard InChI is InChI=1S/C7H9ClN6/c8-6-3-10-13(5-6)1-2-14-11-4-7(9)12-14/h3-5H,1-2H2,(H2,9,12). The van der Waals surface area contributed by atoms with Crippen LogP contribution in [0.15, 0.2) is 18.6 Å². The Kier molecular flexibility index (Phi) is 2.36. The van der Waals surface area contributed by atoms with E-state index in [9.17, 15) is 0 Å². The number of nitrogens with zero attached hydrogens (tertiary/aromatic N) is 5. The number of nitrogen functional groups attached to an aromatic ring is 1. The van der Waals surface area contributed by atoms with Crippen LogP contribution in [0.3, 0.4) is 0 Å². The quantitative estimate of drug-likeness (QED) is 0.800. The predicted molar refractivity (Wildman–Crippen MR) is 51.7 cm³/mol. The molecule has 14 heavy (non-hydrogen) atoms. The number of aryl methyl sites for hydroxylation is 2. The molecular weight excluding hydrogens is 204 g/mol. The lowest BCUT2D eigenvalue weighted by molar-refractivity contribution is 0.459. The number of anilines is 1. The lowest BCUT2D eigenvalue weighted by Gasteiger charge is -1.99. The largest absolute Gasteiger partial charge is 0.381 e. The summed E-state index contributed by atoms with van der Waals surface area (Å²) < 4.78 is 1.72. The molecule has 2 aromatic heterocycles. The Labute approximate surface area is 85.3 Å². The third kappa shape index (κ3) is 2.02. The molecule has 0 bridgehead atoms. The highest BCUT2D eigenvalue weighted by atomic mass is 35.5. The molecule has 2 heterocycles. The Bertz CT molecular complexity index is 379. The Hall–Kier alpha value is -1.56. The van der Waals surface area contributed by atoms with Crippen molar-refractivity contribution in [2.24, 2.45) is 0 Å². The molecule has 2 rings (SSSR count). The summed E-state index contributed by atoms with van der Waals surface area (Å²) in [6.07, 6.45) is 4.84. The molecule has 0 spiro atoms. The molecule has 0 amide bonds. The van der Waals surface area contributed by atoms with E-state index in [1.807, 2.05) is 0 Å². The van der Waals surface area contributed by atoms with Crippen LogP contribution in [-0.2, 0) is 13.1 Å². The van der Waals surface area contributed by atoms with Crippen LogP contribution in [0.4, 0.5) is 5.82 Å². The molecule has 2 aromatic rings. The zero-order valence-electron chi connectivity index (χ0n) is 7.34. The first-order valence-corrected chi connectivity index (χ1v) is 4.45. The average molecular weight is 213 g/mol. The van der Waals surface area contributed by atoms with E-state index in [1.165, 1.54) is 11.0 Å². The van der Waals surface area contributed by atoms with Crippen LogP contribution in [0.1, 0.15) is 0 Å². The van der Waals surface area contributed by atoms with Gasteiger partial charge < -0.3 is 5.73 Å². The lowest BCUT2D eigenvalue weighted by Crippen LogP contribution is -2.10. The van der Waals surface area contributed by atoms with Crippen molar-refractivity contribution in [2.45, 2.75) is 13.1 Å². The minimum atomic E-state index is 0.420. The molecule has 0 aliphatic heterocycles. The van der Waals surface area contributed by atoms with Gasteiger partial charge in [0.05, 0.1) is 30.5 Å². The molecule has 7 heteroatoms. The zero-order chi connectivity index (χ0) is 9.97. The summed E-state index contributed by atoms with van der Waals surface area (Å²) in [7, 11) is 0. The normalized spacial score (nSPS) is 10.6. The Morgan fingerprint density at radius 2 is 2.14 bits per heavy atom. The van der Waals surface area contributed by atoms with Gasteiger partial charge in [-0.3, -0.25) is 4.68 Å². The number of aromatic nitrogens is 5. The van der Waals surface area contributed by atoms with E-state index in [0.29, 0.717) is 23.9 Å². The van der Waals surface area contributed by atoms with E-state index in [2.05, 4.69) is 15.3 Å². The second-order valence-corrected chi connectivity index (χ2v) is 3.22. The first-order valence-electron chi connectivity index (χ1n) is 4.07. The second kappa shape index (κ2) is 3.67. The van der Waals surface area contributed by atoms with Crippen molar-refractivity contribution in [3.05, 3.63) is 23.6 Å². The first kappa shape index (κ1) is 9.01. The minimum absolute atomic E-state index is 0.420. The van der Waals surface area contributed by atoms with Gasteiger partial charge in [0.1, 0.15) is 0 Å². The minimum Gasteiger partial charge on any atom is -0.381 e. The van der Waals surface area contributed by atoms with Gasteiger partial charge in [-0.1, -0.05) is 11.6 Å². The summed E-state index contributed by atoms with van der Waals surface area (Å²) in [6, 6.07) is 0. The summed E-state index contributed by atoms with van der Waals surface area (Å²) in [5, 5.41) is 12.5. The smallest absolute Gasteiger partial charge is 0.165 e. The maximum absolute atomic E-state index is 5.70. The van der Waals surface area contributed by atoms with Crippen molar-refractivity contribution in [1.82, 2.24) is 24.8 Å². The number of halogens is 1. The Morgan fingerprint density at radius 1 is 1.29 bits per heavy atom. The fraction of sp³-hybridized carbons (Fsp3) is 0.286. The van der Waals surface area contributed by atoms with Gasteiger partial charge in [-0.15, -0.1) is 5.10 Å². The number of hydrogen-bond donors (Lipinski definition) is 1.